The second kappa shape index (κ2) is 13.2. The van der Waals surface area contributed by atoms with E-state index >= 15 is 0 Å². The van der Waals surface area contributed by atoms with Crippen LogP contribution in [-0.4, -0.2) is 98.9 Å². The van der Waals surface area contributed by atoms with Crippen LogP contribution in [0.5, 0.6) is 5.75 Å². The molecule has 2 amide bonds. The van der Waals surface area contributed by atoms with Crippen molar-refractivity contribution in [2.45, 2.75) is 13.5 Å². The van der Waals surface area contributed by atoms with Crippen molar-refractivity contribution >= 4 is 35.0 Å². The predicted octanol–water partition coefficient (Wildman–Crippen LogP) is 2.10. The topological polar surface area (TPSA) is 112 Å². The average molecular weight is 566 g/mol. The standard InChI is InChI=1S/C28H35N7O4S/c1-20(25(5-6-29-2)34-9-7-30-8-10-34)31-26(36)24-19-40-28(32-24)35-18-21-3-4-22(17-23(21)27(35)37)39-16-13-33-11-14-38-15-12-33/h3-6,17,19,30H,2,7-16,18H2,1H3,(H,31,36)/b6-5-,25-20-. The molecule has 0 aliphatic carbocycles. The Morgan fingerprint density at radius 3 is 2.85 bits per heavy atom. The number of aromatic nitrogens is 1. The van der Waals surface area contributed by atoms with Crippen molar-refractivity contribution < 1.29 is 19.1 Å². The molecule has 2 N–H and O–H groups in total. The van der Waals surface area contributed by atoms with E-state index in [0.29, 0.717) is 35.3 Å². The van der Waals surface area contributed by atoms with E-state index in [1.807, 2.05) is 25.1 Å². The van der Waals surface area contributed by atoms with Gasteiger partial charge in [0.1, 0.15) is 18.1 Å². The van der Waals surface area contributed by atoms with Crippen LogP contribution < -0.4 is 20.3 Å². The highest BCUT2D eigenvalue weighted by Gasteiger charge is 2.31. The number of piperazine rings is 1. The predicted molar refractivity (Wildman–Crippen MR) is 155 cm³/mol. The number of amides is 2. The van der Waals surface area contributed by atoms with Crippen LogP contribution in [0, 0.1) is 0 Å². The zero-order chi connectivity index (χ0) is 27.9. The number of anilines is 1. The van der Waals surface area contributed by atoms with E-state index in [0.717, 1.165) is 70.3 Å². The Labute approximate surface area is 238 Å². The van der Waals surface area contributed by atoms with Gasteiger partial charge in [0.05, 0.1) is 25.5 Å². The molecule has 1 aromatic heterocycles. The van der Waals surface area contributed by atoms with Gasteiger partial charge in [0.15, 0.2) is 5.13 Å². The molecular weight excluding hydrogens is 530 g/mol. The molecule has 1 aromatic carbocycles. The third-order valence-corrected chi connectivity index (χ3v) is 7.97. The maximum absolute atomic E-state index is 13.3. The number of nitrogens with one attached hydrogen (secondary N) is 2. The number of rotatable bonds is 10. The summed E-state index contributed by atoms with van der Waals surface area (Å²) in [5.74, 6) is 0.200. The lowest BCUT2D eigenvalue weighted by Gasteiger charge is -2.31. The molecule has 0 spiro atoms. The molecule has 0 saturated carbocycles. The molecule has 11 nitrogen and oxygen atoms in total. The van der Waals surface area contributed by atoms with Gasteiger partial charge in [-0.1, -0.05) is 6.07 Å². The van der Waals surface area contributed by atoms with Crippen LogP contribution in [0.1, 0.15) is 33.3 Å². The lowest BCUT2D eigenvalue weighted by atomic mass is 10.1. The van der Waals surface area contributed by atoms with Gasteiger partial charge in [-0.3, -0.25) is 24.4 Å². The smallest absolute Gasteiger partial charge is 0.275 e. The van der Waals surface area contributed by atoms with Crippen LogP contribution in [-0.2, 0) is 11.3 Å². The summed E-state index contributed by atoms with van der Waals surface area (Å²) in [7, 11) is 0. The summed E-state index contributed by atoms with van der Waals surface area (Å²) < 4.78 is 11.3. The van der Waals surface area contributed by atoms with Gasteiger partial charge in [0.2, 0.25) is 0 Å². The van der Waals surface area contributed by atoms with Gasteiger partial charge in [0, 0.05) is 68.7 Å². The Bertz CT molecular complexity index is 1300. The quantitative estimate of drug-likeness (QED) is 0.333. The number of hydrogen-bond acceptors (Lipinski definition) is 10. The van der Waals surface area contributed by atoms with E-state index in [-0.39, 0.29) is 17.5 Å². The van der Waals surface area contributed by atoms with Crippen molar-refractivity contribution in [3.8, 4) is 5.75 Å². The molecule has 0 atom stereocenters. The van der Waals surface area contributed by atoms with E-state index < -0.39 is 0 Å². The molecule has 2 saturated heterocycles. The summed E-state index contributed by atoms with van der Waals surface area (Å²) in [6.07, 6.45) is 3.46. The van der Waals surface area contributed by atoms with Gasteiger partial charge in [-0.2, -0.15) is 0 Å². The molecule has 5 rings (SSSR count). The number of hydrogen-bond donors (Lipinski definition) is 2. The van der Waals surface area contributed by atoms with Crippen molar-refractivity contribution in [3.63, 3.8) is 0 Å². The molecule has 212 valence electrons. The largest absolute Gasteiger partial charge is 0.492 e. The number of allylic oxidation sites excluding steroid dienone is 2. The first-order valence-electron chi connectivity index (χ1n) is 13.5. The summed E-state index contributed by atoms with van der Waals surface area (Å²) >= 11 is 1.27. The average Bonchev–Trinajstić information content (AvgIpc) is 3.59. The van der Waals surface area contributed by atoms with Crippen LogP contribution in [0.4, 0.5) is 5.13 Å². The number of morpholine rings is 1. The van der Waals surface area contributed by atoms with Gasteiger partial charge in [-0.15, -0.1) is 11.3 Å². The molecule has 3 aliphatic heterocycles. The Kier molecular flexibility index (Phi) is 9.22. The normalized spacial score (nSPS) is 18.6. The van der Waals surface area contributed by atoms with Gasteiger partial charge in [-0.05, 0) is 37.4 Å². The van der Waals surface area contributed by atoms with E-state index in [2.05, 4.69) is 37.1 Å². The van der Waals surface area contributed by atoms with Crippen molar-refractivity contribution in [2.75, 3.05) is 70.5 Å². The fourth-order valence-corrected chi connectivity index (χ4v) is 5.73. The number of benzene rings is 1. The van der Waals surface area contributed by atoms with Crippen LogP contribution >= 0.6 is 11.3 Å². The Balaban J connectivity index is 1.22. The summed E-state index contributed by atoms with van der Waals surface area (Å²) in [5.41, 5.74) is 3.36. The number of ether oxygens (including phenoxy) is 2. The molecule has 2 aromatic rings. The number of carbonyl (C=O) groups is 2. The Hall–Kier alpha value is -3.58. The minimum atomic E-state index is -0.326. The van der Waals surface area contributed by atoms with E-state index in [4.69, 9.17) is 9.47 Å². The first kappa shape index (κ1) is 28.0. The number of fused-ring (bicyclic) bond motifs is 1. The molecule has 0 radical (unpaired) electrons. The summed E-state index contributed by atoms with van der Waals surface area (Å²) in [5, 5.41) is 8.46. The van der Waals surface area contributed by atoms with Crippen molar-refractivity contribution in [2.24, 2.45) is 4.99 Å². The lowest BCUT2D eigenvalue weighted by molar-refractivity contribution is 0.0322. The summed E-state index contributed by atoms with van der Waals surface area (Å²) in [6.45, 7) is 13.8. The van der Waals surface area contributed by atoms with Crippen molar-refractivity contribution in [3.05, 3.63) is 64.1 Å². The van der Waals surface area contributed by atoms with Gasteiger partial charge >= 0.3 is 0 Å². The van der Waals surface area contributed by atoms with Gasteiger partial charge < -0.3 is 25.0 Å². The molecule has 40 heavy (non-hydrogen) atoms. The van der Waals surface area contributed by atoms with Crippen LogP contribution in [0.3, 0.4) is 0 Å². The molecule has 4 heterocycles. The monoisotopic (exact) mass is 565 g/mol. The third-order valence-electron chi connectivity index (χ3n) is 7.10. The number of carbonyl (C=O) groups excluding carboxylic acids is 2. The highest BCUT2D eigenvalue weighted by atomic mass is 32.1. The van der Waals surface area contributed by atoms with Crippen molar-refractivity contribution in [1.82, 2.24) is 25.4 Å². The third kappa shape index (κ3) is 6.58. The van der Waals surface area contributed by atoms with Crippen LogP contribution in [0.15, 0.2) is 52.2 Å². The second-order valence-corrected chi connectivity index (χ2v) is 10.6. The number of aliphatic imine (C=N–C) groups is 1. The molecular formula is C28H35N7O4S. The summed E-state index contributed by atoms with van der Waals surface area (Å²) in [6, 6.07) is 5.63. The molecule has 12 heteroatoms. The van der Waals surface area contributed by atoms with E-state index in [1.165, 1.54) is 11.3 Å². The van der Waals surface area contributed by atoms with E-state index in [1.54, 1.807) is 22.5 Å². The first-order chi connectivity index (χ1) is 19.5. The molecule has 0 unspecified atom stereocenters. The van der Waals surface area contributed by atoms with Gasteiger partial charge in [0.25, 0.3) is 11.8 Å². The number of nitrogens with zero attached hydrogens (tertiary/aromatic N) is 5. The van der Waals surface area contributed by atoms with E-state index in [9.17, 15) is 9.59 Å². The van der Waals surface area contributed by atoms with Gasteiger partial charge in [-0.25, -0.2) is 4.98 Å². The highest BCUT2D eigenvalue weighted by molar-refractivity contribution is 7.14. The minimum Gasteiger partial charge on any atom is -0.492 e. The number of thiazole rings is 1. The molecule has 3 aliphatic rings. The highest BCUT2D eigenvalue weighted by Crippen LogP contribution is 2.32. The SMILES string of the molecule is C=N/C=C\C(=C(/C)NC(=O)c1csc(N2Cc3ccc(OCCN4CCOCC4)cc3C2=O)n1)N1CCNCC1. The zero-order valence-electron chi connectivity index (χ0n) is 22.7. The first-order valence-corrected chi connectivity index (χ1v) is 14.3. The van der Waals surface area contributed by atoms with Crippen LogP contribution in [0.25, 0.3) is 0 Å². The maximum Gasteiger partial charge on any atom is 0.275 e. The minimum absolute atomic E-state index is 0.144. The second-order valence-electron chi connectivity index (χ2n) is 9.73. The molecule has 0 bridgehead atoms. The fourth-order valence-electron chi connectivity index (χ4n) is 4.93. The fraction of sp³-hybridized carbons (Fsp3) is 0.429. The maximum atomic E-state index is 13.3. The lowest BCUT2D eigenvalue weighted by Crippen LogP contribution is -2.43. The Morgan fingerprint density at radius 2 is 2.08 bits per heavy atom. The van der Waals surface area contributed by atoms with Crippen LogP contribution in [0.2, 0.25) is 0 Å². The zero-order valence-corrected chi connectivity index (χ0v) is 23.5. The summed E-state index contributed by atoms with van der Waals surface area (Å²) in [4.78, 5) is 40.8. The molecule has 2 fully saturated rings. The van der Waals surface area contributed by atoms with Crippen molar-refractivity contribution in [1.29, 1.82) is 0 Å². The Morgan fingerprint density at radius 1 is 1.27 bits per heavy atom.